The van der Waals surface area contributed by atoms with E-state index in [1.807, 2.05) is 0 Å². The van der Waals surface area contributed by atoms with Gasteiger partial charge in [-0.3, -0.25) is 0 Å². The van der Waals surface area contributed by atoms with Crippen LogP contribution in [-0.4, -0.2) is 0 Å². The van der Waals surface area contributed by atoms with Crippen LogP contribution in [0.25, 0.3) is 0 Å². The molecule has 0 N–H and O–H groups in total. The van der Waals surface area contributed by atoms with Crippen LogP contribution in [-0.2, 0) is 51.4 Å². The molecule has 0 spiro atoms. The van der Waals surface area contributed by atoms with Gasteiger partial charge in [0.1, 0.15) is 0 Å². The molecule has 0 saturated heterocycles. The summed E-state index contributed by atoms with van der Waals surface area (Å²) in [6.07, 6.45) is 10.6. The summed E-state index contributed by atoms with van der Waals surface area (Å²) >= 11 is 0. The molecule has 0 nitrogen and oxygen atoms in total. The second kappa shape index (κ2) is 10.7. The van der Waals surface area contributed by atoms with Crippen LogP contribution in [0.4, 0.5) is 0 Å². The Hall–Kier alpha value is -1.56. The molecule has 0 aliphatic carbocycles. The van der Waals surface area contributed by atoms with Gasteiger partial charge in [0.2, 0.25) is 0 Å². The smallest absolute Gasteiger partial charge is 0.0273 e. The molecule has 0 aromatic heterocycles. The molecular formula is C27H40. The van der Waals surface area contributed by atoms with E-state index < -0.39 is 0 Å². The Kier molecular flexibility index (Phi) is 8.61. The number of hydrogen-bond acceptors (Lipinski definition) is 0. The third kappa shape index (κ3) is 5.24. The van der Waals surface area contributed by atoms with Crippen molar-refractivity contribution in [3.8, 4) is 0 Å². The summed E-state index contributed by atoms with van der Waals surface area (Å²) in [7, 11) is 0. The molecule has 0 atom stereocenters. The molecule has 2 rings (SSSR count). The van der Waals surface area contributed by atoms with Gasteiger partial charge in [-0.25, -0.2) is 0 Å². The van der Waals surface area contributed by atoms with Crippen molar-refractivity contribution in [1.82, 2.24) is 0 Å². The van der Waals surface area contributed by atoms with Gasteiger partial charge in [0.15, 0.2) is 0 Å². The van der Waals surface area contributed by atoms with Gasteiger partial charge in [-0.05, 0) is 102 Å². The molecule has 0 bridgehead atoms. The first-order chi connectivity index (χ1) is 13.1. The van der Waals surface area contributed by atoms with E-state index in [1.54, 1.807) is 33.4 Å². The standard InChI is InChI=1S/C27H40/c1-7-20-16-22(9-3)26(11-5)24(18-20)14-13-15-25-19-21(8-2)17-23(10-4)27(25)12-6/h16-19H,7-15H2,1-6H3. The predicted molar refractivity (Wildman–Crippen MR) is 121 cm³/mol. The second-order valence-electron chi connectivity index (χ2n) is 7.76. The molecule has 0 saturated carbocycles. The summed E-state index contributed by atoms with van der Waals surface area (Å²) in [5.74, 6) is 0. The Morgan fingerprint density at radius 3 is 1.11 bits per heavy atom. The van der Waals surface area contributed by atoms with Crippen molar-refractivity contribution in [1.29, 1.82) is 0 Å². The highest BCUT2D eigenvalue weighted by atomic mass is 14.2. The van der Waals surface area contributed by atoms with E-state index >= 15 is 0 Å². The minimum absolute atomic E-state index is 1.14. The molecular weight excluding hydrogens is 324 g/mol. The lowest BCUT2D eigenvalue weighted by molar-refractivity contribution is 0.791. The maximum atomic E-state index is 2.48. The highest BCUT2D eigenvalue weighted by molar-refractivity contribution is 5.41. The highest BCUT2D eigenvalue weighted by Crippen LogP contribution is 2.25. The average Bonchev–Trinajstić information content (AvgIpc) is 2.72. The van der Waals surface area contributed by atoms with E-state index in [0.29, 0.717) is 0 Å². The summed E-state index contributed by atoms with van der Waals surface area (Å²) in [6, 6.07) is 9.85. The monoisotopic (exact) mass is 364 g/mol. The van der Waals surface area contributed by atoms with Crippen molar-refractivity contribution in [2.45, 2.75) is 99.3 Å². The minimum atomic E-state index is 1.14. The maximum Gasteiger partial charge on any atom is -0.0273 e. The van der Waals surface area contributed by atoms with E-state index in [2.05, 4.69) is 65.8 Å². The fraction of sp³-hybridized carbons (Fsp3) is 0.556. The van der Waals surface area contributed by atoms with Crippen LogP contribution in [0.1, 0.15) is 92.5 Å². The Morgan fingerprint density at radius 2 is 0.815 bits per heavy atom. The number of benzene rings is 2. The molecule has 2 aromatic rings. The summed E-state index contributed by atoms with van der Waals surface area (Å²) < 4.78 is 0. The molecule has 0 radical (unpaired) electrons. The fourth-order valence-corrected chi connectivity index (χ4v) is 4.60. The molecule has 27 heavy (non-hydrogen) atoms. The second-order valence-corrected chi connectivity index (χ2v) is 7.76. The largest absolute Gasteiger partial charge is 0.0613 e. The first-order valence-corrected chi connectivity index (χ1v) is 11.4. The van der Waals surface area contributed by atoms with Crippen molar-refractivity contribution >= 4 is 0 Å². The topological polar surface area (TPSA) is 0 Å². The summed E-state index contributed by atoms with van der Waals surface area (Å²) in [4.78, 5) is 0. The predicted octanol–water partition coefficient (Wildman–Crippen LogP) is 7.24. The average molecular weight is 365 g/mol. The summed E-state index contributed by atoms with van der Waals surface area (Å²) in [6.45, 7) is 13.8. The molecule has 0 amide bonds. The molecule has 0 aliphatic rings. The molecule has 2 aromatic carbocycles. The third-order valence-corrected chi connectivity index (χ3v) is 6.17. The summed E-state index contributed by atoms with van der Waals surface area (Å²) in [5, 5.41) is 0. The Bertz CT molecular complexity index is 673. The lowest BCUT2D eigenvalue weighted by Crippen LogP contribution is -2.04. The number of hydrogen-bond donors (Lipinski definition) is 0. The normalized spacial score (nSPS) is 11.2. The molecule has 148 valence electrons. The minimum Gasteiger partial charge on any atom is -0.0613 e. The van der Waals surface area contributed by atoms with E-state index in [1.165, 1.54) is 30.4 Å². The van der Waals surface area contributed by atoms with Crippen LogP contribution < -0.4 is 0 Å². The SMILES string of the molecule is CCc1cc(CC)c(CC)c(CCCc2cc(CC)cc(CC)c2CC)c1. The molecule has 0 heteroatoms. The molecule has 0 aliphatic heterocycles. The first kappa shape index (κ1) is 21.7. The maximum absolute atomic E-state index is 2.48. The van der Waals surface area contributed by atoms with Gasteiger partial charge >= 0.3 is 0 Å². The molecule has 0 fully saturated rings. The van der Waals surface area contributed by atoms with Gasteiger partial charge in [-0.2, -0.15) is 0 Å². The zero-order valence-electron chi connectivity index (χ0n) is 18.7. The van der Waals surface area contributed by atoms with E-state index in [9.17, 15) is 0 Å². The van der Waals surface area contributed by atoms with Crippen LogP contribution in [0.15, 0.2) is 24.3 Å². The van der Waals surface area contributed by atoms with E-state index in [0.717, 1.165) is 38.5 Å². The number of aryl methyl sites for hydroxylation is 6. The highest BCUT2D eigenvalue weighted by Gasteiger charge is 2.11. The van der Waals surface area contributed by atoms with Gasteiger partial charge in [0, 0.05) is 0 Å². The van der Waals surface area contributed by atoms with E-state index in [4.69, 9.17) is 0 Å². The van der Waals surface area contributed by atoms with Crippen LogP contribution in [0.3, 0.4) is 0 Å². The van der Waals surface area contributed by atoms with Crippen molar-refractivity contribution in [2.24, 2.45) is 0 Å². The zero-order chi connectivity index (χ0) is 19.8. The fourth-order valence-electron chi connectivity index (χ4n) is 4.60. The molecule has 0 heterocycles. The van der Waals surface area contributed by atoms with Gasteiger partial charge in [-0.1, -0.05) is 65.8 Å². The quantitative estimate of drug-likeness (QED) is 0.417. The van der Waals surface area contributed by atoms with Crippen molar-refractivity contribution < 1.29 is 0 Å². The van der Waals surface area contributed by atoms with Crippen LogP contribution in [0, 0.1) is 0 Å². The zero-order valence-corrected chi connectivity index (χ0v) is 18.7. The van der Waals surface area contributed by atoms with Gasteiger partial charge in [0.25, 0.3) is 0 Å². The van der Waals surface area contributed by atoms with Crippen molar-refractivity contribution in [3.63, 3.8) is 0 Å². The van der Waals surface area contributed by atoms with Crippen LogP contribution in [0.5, 0.6) is 0 Å². The van der Waals surface area contributed by atoms with Gasteiger partial charge < -0.3 is 0 Å². The van der Waals surface area contributed by atoms with Crippen LogP contribution >= 0.6 is 0 Å². The third-order valence-electron chi connectivity index (χ3n) is 6.17. The van der Waals surface area contributed by atoms with Gasteiger partial charge in [-0.15, -0.1) is 0 Å². The van der Waals surface area contributed by atoms with E-state index in [-0.39, 0.29) is 0 Å². The lowest BCUT2D eigenvalue weighted by atomic mass is 9.88. The van der Waals surface area contributed by atoms with Crippen LogP contribution in [0.2, 0.25) is 0 Å². The lowest BCUT2D eigenvalue weighted by Gasteiger charge is -2.17. The number of rotatable bonds is 10. The van der Waals surface area contributed by atoms with Crippen molar-refractivity contribution in [2.75, 3.05) is 0 Å². The van der Waals surface area contributed by atoms with Gasteiger partial charge in [0.05, 0.1) is 0 Å². The Morgan fingerprint density at radius 1 is 0.444 bits per heavy atom. The molecule has 0 unspecified atom stereocenters. The Labute approximate surface area is 168 Å². The first-order valence-electron chi connectivity index (χ1n) is 11.4. The van der Waals surface area contributed by atoms with Crippen molar-refractivity contribution in [3.05, 3.63) is 68.8 Å². The Balaban J connectivity index is 2.24. The summed E-state index contributed by atoms with van der Waals surface area (Å²) in [5.41, 5.74) is 12.6.